The molecule has 0 saturated carbocycles. The maximum Gasteiger partial charge on any atom is 0.146 e. The Morgan fingerprint density at radius 2 is 1.52 bits per heavy atom. The number of H-pyrrole nitrogens is 1. The van der Waals surface area contributed by atoms with Crippen molar-refractivity contribution in [3.05, 3.63) is 104 Å². The van der Waals surface area contributed by atoms with Crippen LogP contribution in [0.15, 0.2) is 82.0 Å². The molecule has 10 heteroatoms. The summed E-state index contributed by atoms with van der Waals surface area (Å²) in [6.45, 7) is 3.65. The van der Waals surface area contributed by atoms with E-state index in [0.717, 1.165) is 38.3 Å². The highest BCUT2D eigenvalue weighted by molar-refractivity contribution is 6.53. The van der Waals surface area contributed by atoms with Gasteiger partial charge in [-0.05, 0) is 66.8 Å². The van der Waals surface area contributed by atoms with E-state index >= 15 is 0 Å². The molecule has 6 aromatic rings. The van der Waals surface area contributed by atoms with Crippen molar-refractivity contribution in [3.8, 4) is 5.75 Å². The zero-order valence-electron chi connectivity index (χ0n) is 22.7. The molecule has 0 aliphatic heterocycles. The maximum absolute atomic E-state index is 11.1. The van der Waals surface area contributed by atoms with E-state index in [1.54, 1.807) is 14.0 Å². The van der Waals surface area contributed by atoms with E-state index in [1.165, 1.54) is 0 Å². The lowest BCUT2D eigenvalue weighted by molar-refractivity contribution is 0.473. The van der Waals surface area contributed by atoms with Gasteiger partial charge in [0.05, 0.1) is 31.3 Å². The number of nitrogens with zero attached hydrogens (tertiary/aromatic N) is 3. The van der Waals surface area contributed by atoms with Crippen LogP contribution in [0.5, 0.6) is 5.75 Å². The fourth-order valence-corrected chi connectivity index (χ4v) is 6.16. The number of anilines is 1. The van der Waals surface area contributed by atoms with Crippen LogP contribution >= 0.6 is 46.4 Å². The van der Waals surface area contributed by atoms with Gasteiger partial charge in [-0.1, -0.05) is 76.7 Å². The summed E-state index contributed by atoms with van der Waals surface area (Å²) >= 11 is 25.4. The molecule has 0 fully saturated rings. The van der Waals surface area contributed by atoms with Crippen molar-refractivity contribution >= 4 is 102 Å². The first-order chi connectivity index (χ1) is 20.2. The zero-order chi connectivity index (χ0) is 29.7. The number of aromatic amines is 1. The van der Waals surface area contributed by atoms with E-state index in [-0.39, 0.29) is 20.8 Å². The minimum atomic E-state index is 0.0898. The molecule has 1 heterocycles. The van der Waals surface area contributed by atoms with Gasteiger partial charge < -0.3 is 15.4 Å². The number of aromatic hydroxyl groups is 1. The van der Waals surface area contributed by atoms with Gasteiger partial charge in [-0.15, -0.1) is 5.11 Å². The van der Waals surface area contributed by atoms with Crippen LogP contribution < -0.4 is 5.32 Å². The Hall–Kier alpha value is -3.81. The second-order valence-corrected chi connectivity index (χ2v) is 11.4. The summed E-state index contributed by atoms with van der Waals surface area (Å²) in [4.78, 5) is 7.86. The van der Waals surface area contributed by atoms with E-state index in [2.05, 4.69) is 37.7 Å². The molecule has 0 aliphatic carbocycles. The Morgan fingerprint density at radius 3 is 2.26 bits per heavy atom. The fourth-order valence-electron chi connectivity index (χ4n) is 5.12. The average Bonchev–Trinajstić information content (AvgIpc) is 3.38. The van der Waals surface area contributed by atoms with Crippen molar-refractivity contribution in [2.45, 2.75) is 13.8 Å². The SMILES string of the molecule is CN=C(Nc1ccc(N=Nc2c(O)c(C)cc3ccc4c5ccccc5[nH]c4c23)cc1)c1c(C)c(Cl)c(Cl)c(Cl)c1Cl. The molecule has 42 heavy (non-hydrogen) atoms. The van der Waals surface area contributed by atoms with Crippen molar-refractivity contribution in [1.82, 2.24) is 4.98 Å². The molecule has 0 atom stereocenters. The lowest BCUT2D eigenvalue weighted by atomic mass is 10.0. The Balaban J connectivity index is 1.35. The van der Waals surface area contributed by atoms with Crippen LogP contribution in [-0.2, 0) is 0 Å². The normalized spacial score (nSPS) is 12.3. The number of benzene rings is 5. The molecule has 0 amide bonds. The van der Waals surface area contributed by atoms with Crippen molar-refractivity contribution in [2.24, 2.45) is 15.2 Å². The number of fused-ring (bicyclic) bond motifs is 5. The van der Waals surface area contributed by atoms with Crippen molar-refractivity contribution < 1.29 is 5.11 Å². The first kappa shape index (κ1) is 28.3. The largest absolute Gasteiger partial charge is 0.505 e. The van der Waals surface area contributed by atoms with Gasteiger partial charge in [-0.2, -0.15) is 5.11 Å². The molecule has 0 bridgehead atoms. The highest BCUT2D eigenvalue weighted by Crippen LogP contribution is 2.44. The van der Waals surface area contributed by atoms with Crippen LogP contribution in [0.25, 0.3) is 32.6 Å². The van der Waals surface area contributed by atoms with Crippen LogP contribution in [0.2, 0.25) is 20.1 Å². The van der Waals surface area contributed by atoms with Gasteiger partial charge >= 0.3 is 0 Å². The number of azo groups is 1. The zero-order valence-corrected chi connectivity index (χ0v) is 25.7. The standard InChI is InChI=1S/C32H23Cl4N5O/c1-15-14-17-8-13-21-20-6-4-5-7-22(20)39-29(21)24(17)30(31(15)42)41-40-19-11-9-18(10-12-19)38-32(37-3)23-16(2)25(33)27(35)28(36)26(23)34/h4-14,39,42H,1-3H3,(H,37,38). The number of aromatic nitrogens is 1. The fraction of sp³-hybridized carbons (Fsp3) is 0.0938. The molecule has 6 rings (SSSR count). The summed E-state index contributed by atoms with van der Waals surface area (Å²) in [6.07, 6.45) is 0. The molecule has 0 spiro atoms. The molecular formula is C32H23Cl4N5O. The molecular weight excluding hydrogens is 612 g/mol. The van der Waals surface area contributed by atoms with Crippen LogP contribution in [-0.4, -0.2) is 23.0 Å². The van der Waals surface area contributed by atoms with Gasteiger partial charge in [0.15, 0.2) is 0 Å². The molecule has 0 saturated heterocycles. The lowest BCUT2D eigenvalue weighted by Gasteiger charge is -2.17. The van der Waals surface area contributed by atoms with Crippen LogP contribution in [0.1, 0.15) is 16.7 Å². The molecule has 1 aromatic heterocycles. The number of rotatable bonds is 4. The average molecular weight is 635 g/mol. The van der Waals surface area contributed by atoms with E-state index in [1.807, 2.05) is 61.5 Å². The third-order valence-corrected chi connectivity index (χ3v) is 9.18. The number of amidine groups is 1. The molecule has 0 radical (unpaired) electrons. The Morgan fingerprint density at radius 1 is 0.810 bits per heavy atom. The molecule has 0 aliphatic rings. The smallest absolute Gasteiger partial charge is 0.146 e. The molecule has 3 N–H and O–H groups in total. The topological polar surface area (TPSA) is 85.1 Å². The van der Waals surface area contributed by atoms with Crippen molar-refractivity contribution in [2.75, 3.05) is 12.4 Å². The Bertz CT molecular complexity index is 2070. The molecule has 6 nitrogen and oxygen atoms in total. The lowest BCUT2D eigenvalue weighted by Crippen LogP contribution is -2.16. The predicted molar refractivity (Wildman–Crippen MR) is 178 cm³/mol. The number of hydrogen-bond acceptors (Lipinski definition) is 4. The third kappa shape index (κ3) is 4.74. The van der Waals surface area contributed by atoms with Crippen LogP contribution in [0, 0.1) is 13.8 Å². The third-order valence-electron chi connectivity index (χ3n) is 7.28. The molecule has 5 aromatic carbocycles. The summed E-state index contributed by atoms with van der Waals surface area (Å²) in [6, 6.07) is 21.5. The van der Waals surface area contributed by atoms with Gasteiger partial charge in [0, 0.05) is 40.0 Å². The predicted octanol–water partition coefficient (Wildman–Crippen LogP) is 11.3. The monoisotopic (exact) mass is 633 g/mol. The van der Waals surface area contributed by atoms with E-state index in [4.69, 9.17) is 46.4 Å². The molecule has 0 unspecified atom stereocenters. The van der Waals surface area contributed by atoms with E-state index < -0.39 is 0 Å². The number of aryl methyl sites for hydroxylation is 1. The van der Waals surface area contributed by atoms with Gasteiger partial charge in [-0.25, -0.2) is 0 Å². The Labute approximate surface area is 261 Å². The van der Waals surface area contributed by atoms with E-state index in [9.17, 15) is 5.11 Å². The quantitative estimate of drug-likeness (QED) is 0.0592. The highest BCUT2D eigenvalue weighted by Gasteiger charge is 2.21. The number of phenols is 1. The number of para-hydroxylation sites is 1. The number of halogens is 4. The van der Waals surface area contributed by atoms with Gasteiger partial charge in [0.25, 0.3) is 0 Å². The van der Waals surface area contributed by atoms with Crippen LogP contribution in [0.4, 0.5) is 17.1 Å². The second-order valence-electron chi connectivity index (χ2n) is 9.85. The van der Waals surface area contributed by atoms with Crippen molar-refractivity contribution in [3.63, 3.8) is 0 Å². The number of aliphatic imine (C=N–C) groups is 1. The Kier molecular flexibility index (Phi) is 7.50. The summed E-state index contributed by atoms with van der Waals surface area (Å²) in [7, 11) is 1.64. The van der Waals surface area contributed by atoms with Crippen LogP contribution in [0.3, 0.4) is 0 Å². The van der Waals surface area contributed by atoms with Gasteiger partial charge in [-0.3, -0.25) is 4.99 Å². The number of hydrogen-bond donors (Lipinski definition) is 3. The summed E-state index contributed by atoms with van der Waals surface area (Å²) < 4.78 is 0. The number of phenolic OH excluding ortho intramolecular Hbond substituents is 1. The second kappa shape index (κ2) is 11.1. The maximum atomic E-state index is 11.1. The number of nitrogens with one attached hydrogen (secondary N) is 2. The first-order valence-corrected chi connectivity index (χ1v) is 14.4. The summed E-state index contributed by atoms with van der Waals surface area (Å²) in [5.74, 6) is 0.567. The van der Waals surface area contributed by atoms with E-state index in [0.29, 0.717) is 38.9 Å². The van der Waals surface area contributed by atoms with Gasteiger partial charge in [0.1, 0.15) is 17.3 Å². The summed E-state index contributed by atoms with van der Waals surface area (Å²) in [5.41, 5.74) is 5.59. The van der Waals surface area contributed by atoms with Gasteiger partial charge in [0.2, 0.25) is 0 Å². The first-order valence-electron chi connectivity index (χ1n) is 12.9. The molecule has 210 valence electrons. The highest BCUT2D eigenvalue weighted by atomic mass is 35.5. The minimum absolute atomic E-state index is 0.0898. The van der Waals surface area contributed by atoms with Crippen molar-refractivity contribution in [1.29, 1.82) is 0 Å². The summed E-state index contributed by atoms with van der Waals surface area (Å²) in [5, 5.41) is 28.2. The minimum Gasteiger partial charge on any atom is -0.505 e.